The molecule has 0 radical (unpaired) electrons. The number of para-hydroxylation sites is 1. The predicted molar refractivity (Wildman–Crippen MR) is 142 cm³/mol. The summed E-state index contributed by atoms with van der Waals surface area (Å²) in [5, 5.41) is 4.94. The van der Waals surface area contributed by atoms with Gasteiger partial charge in [0.15, 0.2) is 5.16 Å². The number of nitrogens with one attached hydrogen (secondary N) is 2. The number of H-pyrrole nitrogens is 1. The summed E-state index contributed by atoms with van der Waals surface area (Å²) in [6.45, 7) is 0. The first kappa shape index (κ1) is 23.3. The lowest BCUT2D eigenvalue weighted by atomic mass is 10.2. The van der Waals surface area contributed by atoms with Gasteiger partial charge in [-0.25, -0.2) is 4.98 Å². The molecule has 3 aromatic carbocycles. The number of fused-ring (bicyclic) bond motifs is 3. The number of carbonyl (C=O) groups excluding carboxylic acids is 1. The van der Waals surface area contributed by atoms with Crippen LogP contribution in [0.25, 0.3) is 27.6 Å². The van der Waals surface area contributed by atoms with Crippen molar-refractivity contribution >= 4 is 68.5 Å². The molecule has 176 valence electrons. The highest BCUT2D eigenvalue weighted by Gasteiger charge is 2.19. The molecule has 10 heteroatoms. The van der Waals surface area contributed by atoms with Gasteiger partial charge in [0.05, 0.1) is 24.2 Å². The summed E-state index contributed by atoms with van der Waals surface area (Å²) in [7, 11) is 1.51. The molecular formula is C25H18Cl2N4O3S. The molecule has 0 spiro atoms. The van der Waals surface area contributed by atoms with Crippen molar-refractivity contribution in [2.75, 3.05) is 18.2 Å². The van der Waals surface area contributed by atoms with Crippen molar-refractivity contribution in [3.8, 4) is 11.4 Å². The highest BCUT2D eigenvalue weighted by atomic mass is 35.5. The van der Waals surface area contributed by atoms with E-state index in [4.69, 9.17) is 32.9 Å². The molecule has 0 saturated heterocycles. The van der Waals surface area contributed by atoms with Crippen molar-refractivity contribution < 1.29 is 9.53 Å². The van der Waals surface area contributed by atoms with E-state index < -0.39 is 0 Å². The maximum absolute atomic E-state index is 13.6. The zero-order chi connectivity index (χ0) is 24.5. The van der Waals surface area contributed by atoms with Gasteiger partial charge in [0.25, 0.3) is 5.56 Å². The van der Waals surface area contributed by atoms with Crippen LogP contribution in [0.5, 0.6) is 5.75 Å². The number of benzene rings is 3. The normalized spacial score (nSPS) is 11.2. The Morgan fingerprint density at radius 2 is 1.89 bits per heavy atom. The summed E-state index contributed by atoms with van der Waals surface area (Å²) in [6.07, 6.45) is 0. The summed E-state index contributed by atoms with van der Waals surface area (Å²) in [6, 6.07) is 19.5. The van der Waals surface area contributed by atoms with Crippen molar-refractivity contribution in [3.63, 3.8) is 0 Å². The fourth-order valence-electron chi connectivity index (χ4n) is 3.78. The first-order chi connectivity index (χ1) is 16.9. The van der Waals surface area contributed by atoms with E-state index in [1.54, 1.807) is 42.5 Å². The molecule has 7 nitrogen and oxygen atoms in total. The number of nitrogens with zero attached hydrogens (tertiary/aromatic N) is 2. The number of carbonyl (C=O) groups is 1. The van der Waals surface area contributed by atoms with Gasteiger partial charge in [-0.05, 0) is 42.5 Å². The van der Waals surface area contributed by atoms with Crippen molar-refractivity contribution in [2.45, 2.75) is 5.16 Å². The summed E-state index contributed by atoms with van der Waals surface area (Å²) in [5.41, 5.74) is 2.45. The van der Waals surface area contributed by atoms with Crippen LogP contribution in [0.15, 0.2) is 76.7 Å². The SMILES string of the molecule is COc1ccc(Cl)cc1NC(=O)CSc1nc2c([nH]c3ccccc32)c(=O)n1-c1cccc(Cl)c1. The molecule has 0 unspecified atom stereocenters. The molecule has 0 saturated carbocycles. The molecule has 2 N–H and O–H groups in total. The molecule has 5 rings (SSSR count). The standard InChI is InChI=1S/C25H18Cl2N4O3S/c1-34-20-10-9-15(27)12-19(20)28-21(32)13-35-25-30-22-17-7-2-3-8-18(17)29-23(22)24(33)31(25)16-6-4-5-14(26)11-16/h2-12,29H,13H2,1H3,(H,28,32). The number of thioether (sulfide) groups is 1. The second kappa shape index (κ2) is 9.65. The van der Waals surface area contributed by atoms with Gasteiger partial charge in [-0.3, -0.25) is 14.2 Å². The minimum Gasteiger partial charge on any atom is -0.495 e. The average molecular weight is 525 g/mol. The number of hydrogen-bond donors (Lipinski definition) is 2. The van der Waals surface area contributed by atoms with Crippen molar-refractivity contribution in [2.24, 2.45) is 0 Å². The van der Waals surface area contributed by atoms with E-state index >= 15 is 0 Å². The van der Waals surface area contributed by atoms with Gasteiger partial charge in [-0.2, -0.15) is 0 Å². The van der Waals surface area contributed by atoms with Crippen LogP contribution >= 0.6 is 35.0 Å². The van der Waals surface area contributed by atoms with E-state index in [2.05, 4.69) is 10.3 Å². The first-order valence-electron chi connectivity index (χ1n) is 10.5. The van der Waals surface area contributed by atoms with Gasteiger partial charge in [0, 0.05) is 20.9 Å². The van der Waals surface area contributed by atoms with E-state index in [9.17, 15) is 9.59 Å². The van der Waals surface area contributed by atoms with Gasteiger partial charge in [0.1, 0.15) is 16.8 Å². The fraction of sp³-hybridized carbons (Fsp3) is 0.0800. The lowest BCUT2D eigenvalue weighted by Crippen LogP contribution is -2.23. The quantitative estimate of drug-likeness (QED) is 0.213. The van der Waals surface area contributed by atoms with E-state index in [0.717, 1.165) is 22.7 Å². The number of aromatic amines is 1. The molecule has 0 aliphatic carbocycles. The van der Waals surface area contributed by atoms with Crippen LogP contribution in [0.2, 0.25) is 10.0 Å². The smallest absolute Gasteiger partial charge is 0.283 e. The monoisotopic (exact) mass is 524 g/mol. The molecule has 35 heavy (non-hydrogen) atoms. The van der Waals surface area contributed by atoms with Crippen LogP contribution in [0.3, 0.4) is 0 Å². The number of ether oxygens (including phenoxy) is 1. The molecule has 0 aliphatic heterocycles. The second-order valence-electron chi connectivity index (χ2n) is 7.59. The van der Waals surface area contributed by atoms with Gasteiger partial charge < -0.3 is 15.0 Å². The summed E-state index contributed by atoms with van der Waals surface area (Å²) in [4.78, 5) is 34.3. The fourth-order valence-corrected chi connectivity index (χ4v) is 4.94. The molecule has 2 heterocycles. The van der Waals surface area contributed by atoms with E-state index in [1.165, 1.54) is 11.7 Å². The molecule has 2 aromatic heterocycles. The van der Waals surface area contributed by atoms with Crippen molar-refractivity contribution in [1.82, 2.24) is 14.5 Å². The molecule has 1 amide bonds. The van der Waals surface area contributed by atoms with Gasteiger partial charge in [0.2, 0.25) is 5.91 Å². The van der Waals surface area contributed by atoms with Crippen LogP contribution in [-0.2, 0) is 4.79 Å². The predicted octanol–water partition coefficient (Wildman–Crippen LogP) is 5.91. The van der Waals surface area contributed by atoms with Gasteiger partial charge in [-0.1, -0.05) is 59.2 Å². The van der Waals surface area contributed by atoms with E-state index in [-0.39, 0.29) is 17.2 Å². The number of halogens is 2. The Labute approximate surface area is 214 Å². The van der Waals surface area contributed by atoms with Crippen molar-refractivity contribution in [3.05, 3.63) is 87.1 Å². The summed E-state index contributed by atoms with van der Waals surface area (Å²) >= 11 is 13.4. The summed E-state index contributed by atoms with van der Waals surface area (Å²) < 4.78 is 6.75. The minimum atomic E-state index is -0.304. The Morgan fingerprint density at radius 1 is 1.09 bits per heavy atom. The van der Waals surface area contributed by atoms with Gasteiger partial charge >= 0.3 is 0 Å². The second-order valence-corrected chi connectivity index (χ2v) is 9.41. The van der Waals surface area contributed by atoms with Crippen LogP contribution in [0, 0.1) is 0 Å². The number of methoxy groups -OCH3 is 1. The third kappa shape index (κ3) is 4.60. The minimum absolute atomic E-state index is 0.00344. The topological polar surface area (TPSA) is 89.0 Å². The van der Waals surface area contributed by atoms with E-state index in [1.807, 2.05) is 24.3 Å². The Morgan fingerprint density at radius 3 is 2.69 bits per heavy atom. The zero-order valence-corrected chi connectivity index (χ0v) is 20.7. The van der Waals surface area contributed by atoms with Crippen LogP contribution in [-0.4, -0.2) is 33.3 Å². The lowest BCUT2D eigenvalue weighted by molar-refractivity contribution is -0.113. The van der Waals surface area contributed by atoms with Crippen LogP contribution in [0.4, 0.5) is 5.69 Å². The Bertz CT molecular complexity index is 1650. The highest BCUT2D eigenvalue weighted by molar-refractivity contribution is 7.99. The molecular weight excluding hydrogens is 507 g/mol. The molecule has 5 aromatic rings. The third-order valence-corrected chi connectivity index (χ3v) is 6.74. The zero-order valence-electron chi connectivity index (χ0n) is 18.3. The first-order valence-corrected chi connectivity index (χ1v) is 12.2. The largest absolute Gasteiger partial charge is 0.495 e. The molecule has 0 fully saturated rings. The highest BCUT2D eigenvalue weighted by Crippen LogP contribution is 2.29. The average Bonchev–Trinajstić information content (AvgIpc) is 3.22. The van der Waals surface area contributed by atoms with Crippen LogP contribution < -0.4 is 15.6 Å². The Hall–Kier alpha value is -3.46. The molecule has 0 bridgehead atoms. The molecule has 0 atom stereocenters. The lowest BCUT2D eigenvalue weighted by Gasteiger charge is -2.13. The number of hydrogen-bond acceptors (Lipinski definition) is 5. The van der Waals surface area contributed by atoms with E-state index in [0.29, 0.717) is 43.4 Å². The Balaban J connectivity index is 1.55. The molecule has 0 aliphatic rings. The number of rotatable bonds is 6. The summed E-state index contributed by atoms with van der Waals surface area (Å²) in [5.74, 6) is 0.180. The van der Waals surface area contributed by atoms with Gasteiger partial charge in [-0.15, -0.1) is 0 Å². The van der Waals surface area contributed by atoms with Crippen molar-refractivity contribution in [1.29, 1.82) is 0 Å². The maximum atomic E-state index is 13.6. The van der Waals surface area contributed by atoms with Crippen LogP contribution in [0.1, 0.15) is 0 Å². The number of anilines is 1. The Kier molecular flexibility index (Phi) is 6.42. The third-order valence-electron chi connectivity index (χ3n) is 5.33. The maximum Gasteiger partial charge on any atom is 0.283 e. The number of aromatic nitrogens is 3. The number of amides is 1.